The van der Waals surface area contributed by atoms with Gasteiger partial charge in [-0.05, 0) is 56.4 Å². The lowest BCUT2D eigenvalue weighted by molar-refractivity contribution is 0.333. The minimum atomic E-state index is 0.0676. The number of aryl methyl sites for hydroxylation is 2. The van der Waals surface area contributed by atoms with Gasteiger partial charge >= 0.3 is 0 Å². The number of hydrogen-bond acceptors (Lipinski definition) is 5. The number of rotatable bonds is 4. The van der Waals surface area contributed by atoms with Gasteiger partial charge in [0.25, 0.3) is 5.56 Å². The quantitative estimate of drug-likeness (QED) is 0.846. The van der Waals surface area contributed by atoms with Crippen molar-refractivity contribution in [1.82, 2.24) is 19.7 Å². The molecule has 2 aromatic heterocycles. The Hall–Kier alpha value is -2.24. The van der Waals surface area contributed by atoms with Gasteiger partial charge in [-0.2, -0.15) is 5.10 Å². The maximum atomic E-state index is 12.3. The highest BCUT2D eigenvalue weighted by Gasteiger charge is 2.27. The first-order valence-electron chi connectivity index (χ1n) is 9.93. The van der Waals surface area contributed by atoms with E-state index < -0.39 is 0 Å². The zero-order valence-corrected chi connectivity index (χ0v) is 15.1. The van der Waals surface area contributed by atoms with Crippen molar-refractivity contribution in [2.45, 2.75) is 57.4 Å². The third-order valence-corrected chi connectivity index (χ3v) is 6.06. The number of aromatic nitrogens is 4. The van der Waals surface area contributed by atoms with E-state index in [1.807, 2.05) is 6.07 Å². The minimum Gasteiger partial charge on any atom is -0.356 e. The summed E-state index contributed by atoms with van der Waals surface area (Å²) in [5.41, 5.74) is 3.57. The molecule has 0 N–H and O–H groups in total. The summed E-state index contributed by atoms with van der Waals surface area (Å²) in [6.07, 6.45) is 9.56. The van der Waals surface area contributed by atoms with Crippen molar-refractivity contribution in [1.29, 1.82) is 0 Å². The van der Waals surface area contributed by atoms with Crippen molar-refractivity contribution in [2.75, 3.05) is 18.0 Å². The summed E-state index contributed by atoms with van der Waals surface area (Å²) in [7, 11) is 0. The van der Waals surface area contributed by atoms with E-state index in [1.165, 1.54) is 18.5 Å². The molecule has 0 amide bonds. The van der Waals surface area contributed by atoms with E-state index in [0.717, 1.165) is 68.8 Å². The lowest BCUT2D eigenvalue weighted by Gasteiger charge is -2.32. The number of hydrogen-bond donors (Lipinski definition) is 0. The summed E-state index contributed by atoms with van der Waals surface area (Å²) >= 11 is 0. The Balaban J connectivity index is 1.23. The van der Waals surface area contributed by atoms with Gasteiger partial charge in [-0.1, -0.05) is 0 Å². The average Bonchev–Trinajstić information content (AvgIpc) is 3.43. The first kappa shape index (κ1) is 16.0. The van der Waals surface area contributed by atoms with Crippen LogP contribution < -0.4 is 10.5 Å². The summed E-state index contributed by atoms with van der Waals surface area (Å²) in [4.78, 5) is 23.6. The monoisotopic (exact) mass is 351 g/mol. The van der Waals surface area contributed by atoms with Crippen LogP contribution in [0.4, 0.5) is 5.82 Å². The van der Waals surface area contributed by atoms with Crippen LogP contribution in [0.15, 0.2) is 23.3 Å². The number of fused-ring (bicyclic) bond motifs is 1. The van der Waals surface area contributed by atoms with Crippen LogP contribution >= 0.6 is 0 Å². The predicted molar refractivity (Wildman–Crippen MR) is 99.5 cm³/mol. The molecule has 0 spiro atoms. The standard InChI is InChI=1S/C20H25N5O/c26-20-10-16-2-1-3-17(16)23-25(20)12-14-6-8-24(9-7-14)19-11-18(15-4-5-15)21-13-22-19/h10-11,13-15H,1-9,12H2. The van der Waals surface area contributed by atoms with Gasteiger partial charge < -0.3 is 4.90 Å². The molecule has 5 rings (SSSR count). The third-order valence-electron chi connectivity index (χ3n) is 6.06. The van der Waals surface area contributed by atoms with Gasteiger partial charge in [0.2, 0.25) is 0 Å². The van der Waals surface area contributed by atoms with Crippen molar-refractivity contribution < 1.29 is 0 Å². The first-order valence-corrected chi connectivity index (χ1v) is 9.93. The van der Waals surface area contributed by atoms with Crippen LogP contribution in [0.5, 0.6) is 0 Å². The van der Waals surface area contributed by atoms with Crippen molar-refractivity contribution >= 4 is 5.82 Å². The van der Waals surface area contributed by atoms with Crippen molar-refractivity contribution in [3.05, 3.63) is 45.8 Å². The topological polar surface area (TPSA) is 63.9 Å². The second-order valence-corrected chi connectivity index (χ2v) is 8.00. The second-order valence-electron chi connectivity index (χ2n) is 8.00. The van der Waals surface area contributed by atoms with Crippen molar-refractivity contribution in [2.24, 2.45) is 5.92 Å². The molecule has 1 saturated carbocycles. The molecule has 6 heteroatoms. The van der Waals surface area contributed by atoms with E-state index in [0.29, 0.717) is 11.8 Å². The fraction of sp³-hybridized carbons (Fsp3) is 0.600. The van der Waals surface area contributed by atoms with Crippen molar-refractivity contribution in [3.8, 4) is 0 Å². The summed E-state index contributed by atoms with van der Waals surface area (Å²) in [5.74, 6) is 2.24. The van der Waals surface area contributed by atoms with E-state index in [-0.39, 0.29) is 5.56 Å². The zero-order valence-electron chi connectivity index (χ0n) is 15.1. The van der Waals surface area contributed by atoms with E-state index in [4.69, 9.17) is 0 Å². The second kappa shape index (κ2) is 6.49. The fourth-order valence-electron chi connectivity index (χ4n) is 4.30. The predicted octanol–water partition coefficient (Wildman–Crippen LogP) is 2.32. The molecule has 136 valence electrons. The molecule has 0 unspecified atom stereocenters. The van der Waals surface area contributed by atoms with Crippen LogP contribution in [0, 0.1) is 5.92 Å². The normalized spacial score (nSPS) is 20.4. The van der Waals surface area contributed by atoms with Crippen molar-refractivity contribution in [3.63, 3.8) is 0 Å². The third kappa shape index (κ3) is 3.13. The summed E-state index contributed by atoms with van der Waals surface area (Å²) < 4.78 is 1.71. The Labute approximate surface area is 153 Å². The van der Waals surface area contributed by atoms with E-state index in [9.17, 15) is 4.79 Å². The molecule has 26 heavy (non-hydrogen) atoms. The molecule has 3 aliphatic rings. The van der Waals surface area contributed by atoms with E-state index in [2.05, 4.69) is 26.0 Å². The molecule has 6 nitrogen and oxygen atoms in total. The molecule has 0 radical (unpaired) electrons. The molecule has 0 atom stereocenters. The Morgan fingerprint density at radius 2 is 1.88 bits per heavy atom. The molecule has 1 aliphatic heterocycles. The highest BCUT2D eigenvalue weighted by Crippen LogP contribution is 2.39. The summed E-state index contributed by atoms with van der Waals surface area (Å²) in [6.45, 7) is 2.73. The Bertz CT molecular complexity index is 865. The van der Waals surface area contributed by atoms with Gasteiger partial charge in [0, 0.05) is 43.4 Å². The molecule has 2 aromatic rings. The van der Waals surface area contributed by atoms with Crippen LogP contribution in [0.25, 0.3) is 0 Å². The molecular formula is C20H25N5O. The summed E-state index contributed by atoms with van der Waals surface area (Å²) in [6, 6.07) is 3.98. The largest absolute Gasteiger partial charge is 0.356 e. The Morgan fingerprint density at radius 1 is 1.04 bits per heavy atom. The number of piperidine rings is 1. The SMILES string of the molecule is O=c1cc2c(nn1CC1CCN(c3cc(C4CC4)ncn3)CC1)CCC2. The van der Waals surface area contributed by atoms with Gasteiger partial charge in [-0.3, -0.25) is 4.79 Å². The van der Waals surface area contributed by atoms with Gasteiger partial charge in [0.05, 0.1) is 5.69 Å². The molecule has 2 aliphatic carbocycles. The summed E-state index contributed by atoms with van der Waals surface area (Å²) in [5, 5.41) is 4.63. The van der Waals surface area contributed by atoms with Crippen LogP contribution in [-0.2, 0) is 19.4 Å². The van der Waals surface area contributed by atoms with E-state index >= 15 is 0 Å². The maximum Gasteiger partial charge on any atom is 0.267 e. The average molecular weight is 351 g/mol. The zero-order chi connectivity index (χ0) is 17.5. The number of anilines is 1. The van der Waals surface area contributed by atoms with Gasteiger partial charge in [-0.15, -0.1) is 0 Å². The molecule has 1 saturated heterocycles. The van der Waals surface area contributed by atoms with Gasteiger partial charge in [0.1, 0.15) is 12.1 Å². The van der Waals surface area contributed by atoms with Crippen LogP contribution in [0.3, 0.4) is 0 Å². The lowest BCUT2D eigenvalue weighted by atomic mass is 9.97. The van der Waals surface area contributed by atoms with Gasteiger partial charge in [-0.25, -0.2) is 14.6 Å². The van der Waals surface area contributed by atoms with Gasteiger partial charge in [0.15, 0.2) is 0 Å². The number of nitrogens with zero attached hydrogens (tertiary/aromatic N) is 5. The molecule has 0 aromatic carbocycles. The molecule has 0 bridgehead atoms. The smallest absolute Gasteiger partial charge is 0.267 e. The molecule has 2 fully saturated rings. The van der Waals surface area contributed by atoms with Crippen LogP contribution in [-0.4, -0.2) is 32.8 Å². The Morgan fingerprint density at radius 3 is 2.69 bits per heavy atom. The van der Waals surface area contributed by atoms with Crippen LogP contribution in [0.1, 0.15) is 55.0 Å². The minimum absolute atomic E-state index is 0.0676. The lowest BCUT2D eigenvalue weighted by Crippen LogP contribution is -2.37. The Kier molecular flexibility index (Phi) is 3.98. The first-order chi connectivity index (χ1) is 12.8. The fourth-order valence-corrected chi connectivity index (χ4v) is 4.30. The maximum absolute atomic E-state index is 12.3. The van der Waals surface area contributed by atoms with E-state index in [1.54, 1.807) is 11.0 Å². The van der Waals surface area contributed by atoms with Crippen LogP contribution in [0.2, 0.25) is 0 Å². The highest BCUT2D eigenvalue weighted by molar-refractivity contribution is 5.40. The molecule has 3 heterocycles. The molecular weight excluding hydrogens is 326 g/mol. The highest BCUT2D eigenvalue weighted by atomic mass is 16.1.